The van der Waals surface area contributed by atoms with Gasteiger partial charge in [-0.3, -0.25) is 28.9 Å². The van der Waals surface area contributed by atoms with Gasteiger partial charge in [0.05, 0.1) is 42.2 Å². The third-order valence-electron chi connectivity index (χ3n) is 8.11. The molecule has 0 radical (unpaired) electrons. The smallest absolute Gasteiger partial charge is 0.336 e. The number of nitrogens with zero attached hydrogens (tertiary/aromatic N) is 6. The molecule has 2 saturated heterocycles. The Labute approximate surface area is 320 Å². The molecule has 2 amide bonds. The molecule has 20 heteroatoms. The number of nitriles is 2. The number of aryl methyl sites for hydroxylation is 3. The highest BCUT2D eigenvalue weighted by Gasteiger charge is 2.47. The van der Waals surface area contributed by atoms with Crippen molar-refractivity contribution in [2.45, 2.75) is 75.3 Å². The minimum absolute atomic E-state index is 0.0666. The number of benzene rings is 1. The molecule has 0 bridgehead atoms. The maximum atomic E-state index is 13.3. The molecular formula is C36H39F4N7O8S. The number of pyridine rings is 2. The fourth-order valence-corrected chi connectivity index (χ4v) is 5.69. The number of carbonyl (C=O) groups is 4. The topological polar surface area (TPSA) is 249 Å². The van der Waals surface area contributed by atoms with Crippen molar-refractivity contribution in [2.75, 3.05) is 19.6 Å². The van der Waals surface area contributed by atoms with Crippen LogP contribution in [0, 0.1) is 43.4 Å². The minimum Gasteiger partial charge on any atom is -0.478 e. The third-order valence-corrected chi connectivity index (χ3v) is 8.98. The number of carbonyl (C=O) groups excluding carboxylic acids is 3. The predicted molar refractivity (Wildman–Crippen MR) is 190 cm³/mol. The largest absolute Gasteiger partial charge is 0.478 e. The Bertz CT molecular complexity index is 2070. The Morgan fingerprint density at radius 2 is 1.25 bits per heavy atom. The van der Waals surface area contributed by atoms with Gasteiger partial charge < -0.3 is 20.6 Å². The van der Waals surface area contributed by atoms with Gasteiger partial charge in [0.2, 0.25) is 11.8 Å². The summed E-state index contributed by atoms with van der Waals surface area (Å²) in [5.74, 6) is -8.34. The molecular weight excluding hydrogens is 766 g/mol. The number of alkyl halides is 4. The summed E-state index contributed by atoms with van der Waals surface area (Å²) in [7, 11) is -4.02. The number of hydrogen-bond donors (Lipinski definition) is 3. The second-order valence-corrected chi connectivity index (χ2v) is 14.0. The lowest BCUT2D eigenvalue weighted by molar-refractivity contribution is -0.132. The van der Waals surface area contributed by atoms with Gasteiger partial charge in [-0.15, -0.1) is 0 Å². The van der Waals surface area contributed by atoms with Gasteiger partial charge in [-0.1, -0.05) is 17.7 Å². The molecule has 56 heavy (non-hydrogen) atoms. The number of aromatic nitrogens is 2. The van der Waals surface area contributed by atoms with Crippen molar-refractivity contribution >= 4 is 33.7 Å². The van der Waals surface area contributed by atoms with E-state index >= 15 is 0 Å². The lowest BCUT2D eigenvalue weighted by atomic mass is 10.0. The molecule has 15 nitrogen and oxygen atoms in total. The average molecular weight is 806 g/mol. The zero-order chi connectivity index (χ0) is 42.4. The quantitative estimate of drug-likeness (QED) is 0.173. The Kier molecular flexibility index (Phi) is 16.7. The predicted octanol–water partition coefficient (Wildman–Crippen LogP) is 4.15. The first-order valence-electron chi connectivity index (χ1n) is 16.5. The molecule has 300 valence electrons. The van der Waals surface area contributed by atoms with E-state index in [0.717, 1.165) is 15.4 Å². The molecule has 0 unspecified atom stereocenters. The summed E-state index contributed by atoms with van der Waals surface area (Å²) >= 11 is 0. The van der Waals surface area contributed by atoms with E-state index in [-0.39, 0.29) is 30.1 Å². The lowest BCUT2D eigenvalue weighted by Crippen LogP contribution is -2.39. The van der Waals surface area contributed by atoms with Crippen molar-refractivity contribution in [3.8, 4) is 12.1 Å². The van der Waals surface area contributed by atoms with Crippen molar-refractivity contribution < 1.29 is 54.8 Å². The molecule has 2 fully saturated rings. The van der Waals surface area contributed by atoms with Crippen LogP contribution >= 0.6 is 0 Å². The summed E-state index contributed by atoms with van der Waals surface area (Å²) in [6.07, 6.45) is 4.52. The average Bonchev–Trinajstić information content (AvgIpc) is 3.64. The van der Waals surface area contributed by atoms with Crippen LogP contribution in [0.15, 0.2) is 66.1 Å². The molecule has 2 aliphatic heterocycles. The molecule has 1 aromatic carbocycles. The summed E-state index contributed by atoms with van der Waals surface area (Å²) in [6.45, 7) is 3.50. The summed E-state index contributed by atoms with van der Waals surface area (Å²) in [5, 5.41) is 25.9. The van der Waals surface area contributed by atoms with E-state index in [9.17, 15) is 45.2 Å². The zero-order valence-corrected chi connectivity index (χ0v) is 31.2. The molecule has 0 aliphatic carbocycles. The highest BCUT2D eigenvalue weighted by molar-refractivity contribution is 7.85. The van der Waals surface area contributed by atoms with Crippen LogP contribution in [0.5, 0.6) is 0 Å². The highest BCUT2D eigenvalue weighted by atomic mass is 32.2. The van der Waals surface area contributed by atoms with Gasteiger partial charge in [0.15, 0.2) is 5.78 Å². The minimum atomic E-state index is -4.02. The van der Waals surface area contributed by atoms with Crippen LogP contribution in [0.4, 0.5) is 17.6 Å². The van der Waals surface area contributed by atoms with E-state index in [2.05, 4.69) is 9.97 Å². The number of Topliss-reactive ketones (excluding diaryl/α,β-unsaturated/α-hetero) is 1. The lowest BCUT2D eigenvalue weighted by Gasteiger charge is -2.18. The van der Waals surface area contributed by atoms with E-state index in [1.165, 1.54) is 36.8 Å². The van der Waals surface area contributed by atoms with Gasteiger partial charge in [-0.25, -0.2) is 22.4 Å². The zero-order valence-electron chi connectivity index (χ0n) is 30.4. The number of likely N-dealkylation sites (tertiary alicyclic amines) is 2. The molecule has 4 heterocycles. The van der Waals surface area contributed by atoms with Crippen LogP contribution in [0.1, 0.15) is 63.1 Å². The van der Waals surface area contributed by atoms with Crippen LogP contribution < -0.4 is 5.73 Å². The van der Waals surface area contributed by atoms with E-state index in [1.54, 1.807) is 50.4 Å². The van der Waals surface area contributed by atoms with Crippen LogP contribution in [0.25, 0.3) is 0 Å². The van der Waals surface area contributed by atoms with Crippen molar-refractivity contribution in [1.29, 1.82) is 10.5 Å². The summed E-state index contributed by atoms with van der Waals surface area (Å²) in [5.41, 5.74) is 8.13. The van der Waals surface area contributed by atoms with Gasteiger partial charge in [0, 0.05) is 56.0 Å². The molecule has 2 aliphatic rings. The third kappa shape index (κ3) is 14.1. The van der Waals surface area contributed by atoms with Gasteiger partial charge in [0.25, 0.3) is 22.0 Å². The van der Waals surface area contributed by atoms with Crippen molar-refractivity contribution in [1.82, 2.24) is 19.8 Å². The number of amides is 2. The molecule has 4 N–H and O–H groups in total. The Balaban J connectivity index is 0.000000274. The molecule has 0 spiro atoms. The summed E-state index contributed by atoms with van der Waals surface area (Å²) < 4.78 is 81.6. The standard InChI is InChI=1S/C15H15F2N3O2.C7H9F2N3O.C7H7NO2.C7H8O3S/c1-10-8-19-5-4-12(10)13(21)2-3-14(22)20-9-15(16,17)6-11(20)7-18;8-7(9)1-5(2-10)12(4-7)6(13)3-11;1-5-4-8-3-2-6(5)7(9)10;1-6-2-4-7(5-3-6)11(8,9)10/h4-5,8,11H,2-3,6,9H2,1H3;5H,1,3-4,11H2;2-4H,1H3,(H,9,10);2-5H,1H3,(H,8,9,10)/t11-;5-;;/m00../s1. The second kappa shape index (κ2) is 20.2. The normalized spacial score (nSPS) is 17.6. The number of hydrogen-bond acceptors (Lipinski definition) is 11. The number of carboxylic acids is 1. The number of aromatic carboxylic acids is 1. The number of carboxylic acid groups (broad SMARTS) is 1. The van der Waals surface area contributed by atoms with Crippen molar-refractivity contribution in [3.63, 3.8) is 0 Å². The van der Waals surface area contributed by atoms with Crippen molar-refractivity contribution in [2.24, 2.45) is 5.73 Å². The monoisotopic (exact) mass is 805 g/mol. The van der Waals surface area contributed by atoms with Crippen LogP contribution in [-0.2, 0) is 19.7 Å². The highest BCUT2D eigenvalue weighted by Crippen LogP contribution is 2.33. The van der Waals surface area contributed by atoms with Crippen LogP contribution in [-0.4, -0.2) is 105 Å². The van der Waals surface area contributed by atoms with Gasteiger partial charge in [-0.05, 0) is 56.2 Å². The van der Waals surface area contributed by atoms with Gasteiger partial charge >= 0.3 is 5.97 Å². The van der Waals surface area contributed by atoms with Crippen molar-refractivity contribution in [3.05, 3.63) is 89.0 Å². The number of halogens is 4. The molecule has 5 rings (SSSR count). The number of nitrogens with two attached hydrogens (primary N) is 1. The van der Waals surface area contributed by atoms with E-state index < -0.39 is 77.8 Å². The first kappa shape index (κ1) is 46.3. The molecule has 2 atom stereocenters. The maximum Gasteiger partial charge on any atom is 0.336 e. The maximum absolute atomic E-state index is 13.3. The molecule has 0 saturated carbocycles. The van der Waals surface area contributed by atoms with E-state index in [4.69, 9.17) is 25.9 Å². The fraction of sp³-hybridized carbons (Fsp3) is 0.389. The second-order valence-electron chi connectivity index (χ2n) is 12.6. The van der Waals surface area contributed by atoms with Crippen LogP contribution in [0.3, 0.4) is 0 Å². The number of ketones is 1. The summed E-state index contributed by atoms with van der Waals surface area (Å²) in [6, 6.07) is 10.2. The fourth-order valence-electron chi connectivity index (χ4n) is 5.21. The SMILES string of the molecule is Cc1ccc(S(=O)(=O)O)cc1.Cc1cnccc1C(=O)CCC(=O)N1CC(F)(F)C[C@H]1C#N.Cc1cnccc1C(=O)O.N#C[C@@H]1CC(F)(F)CN1C(=O)CN. The Morgan fingerprint density at radius 1 is 0.804 bits per heavy atom. The molecule has 3 aromatic rings. The number of rotatable bonds is 7. The summed E-state index contributed by atoms with van der Waals surface area (Å²) in [4.78, 5) is 54.7. The molecule has 2 aromatic heterocycles. The Hall–Kier alpha value is -5.83. The van der Waals surface area contributed by atoms with Gasteiger partial charge in [-0.2, -0.15) is 18.9 Å². The first-order chi connectivity index (χ1) is 26.0. The first-order valence-corrected chi connectivity index (χ1v) is 18.0. The van der Waals surface area contributed by atoms with E-state index in [1.807, 2.05) is 6.92 Å². The van der Waals surface area contributed by atoms with E-state index in [0.29, 0.717) is 22.3 Å². The van der Waals surface area contributed by atoms with Crippen LogP contribution in [0.2, 0.25) is 0 Å². The Morgan fingerprint density at radius 3 is 1.62 bits per heavy atom. The van der Waals surface area contributed by atoms with Gasteiger partial charge in [0.1, 0.15) is 12.1 Å².